The first kappa shape index (κ1) is 44.5. The molecular weight excluding hydrogens is 602 g/mol. The van der Waals surface area contributed by atoms with E-state index in [1.54, 1.807) is 0 Å². The van der Waals surface area contributed by atoms with E-state index in [0.717, 1.165) is 25.7 Å². The molecule has 0 fully saturated rings. The van der Waals surface area contributed by atoms with Crippen LogP contribution in [0.4, 0.5) is 0 Å². The molecule has 0 saturated carbocycles. The lowest BCUT2D eigenvalue weighted by Gasteiger charge is -2.18. The smallest absolute Gasteiger partial charge is 0.253 e. The maximum Gasteiger partial charge on any atom is 0.253 e. The Kier molecular flexibility index (Phi) is 30.9. The lowest BCUT2D eigenvalue weighted by molar-refractivity contribution is -0.137. The third-order valence-corrected chi connectivity index (χ3v) is 9.66. The first-order valence-corrected chi connectivity index (χ1v) is 20.7. The van der Waals surface area contributed by atoms with Crippen molar-refractivity contribution in [2.75, 3.05) is 6.54 Å². The molecule has 0 aliphatic carbocycles. The van der Waals surface area contributed by atoms with Gasteiger partial charge in [0.25, 0.3) is 11.8 Å². The third kappa shape index (κ3) is 28.0. The Balaban J connectivity index is 2.22. The minimum atomic E-state index is -0.294. The summed E-state index contributed by atoms with van der Waals surface area (Å²) in [4.78, 5) is 37.8. The number of carbonyl (C=O) groups is 3. The summed E-state index contributed by atoms with van der Waals surface area (Å²) in [5.41, 5.74) is 0. The van der Waals surface area contributed by atoms with Crippen molar-refractivity contribution in [3.8, 4) is 0 Å². The van der Waals surface area contributed by atoms with Gasteiger partial charge < -0.3 is 0 Å². The van der Waals surface area contributed by atoms with Crippen molar-refractivity contribution in [2.45, 2.75) is 194 Å². The lowest BCUT2D eigenvalue weighted by Crippen LogP contribution is -2.32. The molecule has 1 aliphatic rings. The van der Waals surface area contributed by atoms with Crippen LogP contribution < -0.4 is 0 Å². The molecule has 1 rings (SSSR count). The van der Waals surface area contributed by atoms with Gasteiger partial charge in [0.15, 0.2) is 0 Å². The lowest BCUT2D eigenvalue weighted by atomic mass is 9.89. The molecule has 278 valence electrons. The van der Waals surface area contributed by atoms with Crippen LogP contribution in [0.15, 0.2) is 60.8 Å². The van der Waals surface area contributed by atoms with Crippen LogP contribution >= 0.6 is 0 Å². The van der Waals surface area contributed by atoms with E-state index in [-0.39, 0.29) is 30.6 Å². The highest BCUT2D eigenvalue weighted by molar-refractivity contribution is 6.13. The molecule has 0 radical (unpaired) electrons. The van der Waals surface area contributed by atoms with Crippen LogP contribution in [0, 0.1) is 5.92 Å². The molecule has 2 amide bonds. The van der Waals surface area contributed by atoms with Gasteiger partial charge >= 0.3 is 0 Å². The molecule has 0 unspecified atom stereocenters. The zero-order valence-corrected chi connectivity index (χ0v) is 32.0. The highest BCUT2D eigenvalue weighted by Gasteiger charge is 2.24. The zero-order valence-electron chi connectivity index (χ0n) is 32.0. The number of amides is 2. The van der Waals surface area contributed by atoms with Crippen LogP contribution in [0.5, 0.6) is 0 Å². The van der Waals surface area contributed by atoms with Crippen molar-refractivity contribution in [1.29, 1.82) is 0 Å². The van der Waals surface area contributed by atoms with E-state index in [9.17, 15) is 14.4 Å². The van der Waals surface area contributed by atoms with Crippen LogP contribution in [-0.2, 0) is 14.4 Å². The first-order chi connectivity index (χ1) is 24.1. The van der Waals surface area contributed by atoms with Gasteiger partial charge in [0.05, 0.1) is 0 Å². The Morgan fingerprint density at radius 2 is 0.898 bits per heavy atom. The summed E-state index contributed by atoms with van der Waals surface area (Å²) >= 11 is 0. The number of allylic oxidation sites excluding steroid dienone is 8. The number of imide groups is 1. The minimum absolute atomic E-state index is 0.192. The Bertz CT molecular complexity index is 906. The number of rotatable bonds is 35. The quantitative estimate of drug-likeness (QED) is 0.0381. The third-order valence-electron chi connectivity index (χ3n) is 9.66. The molecule has 0 aromatic rings. The number of hydrogen-bond donors (Lipinski definition) is 0. The molecule has 0 aromatic carbocycles. The Morgan fingerprint density at radius 3 is 1.31 bits per heavy atom. The molecule has 49 heavy (non-hydrogen) atoms. The average Bonchev–Trinajstić information content (AvgIpc) is 3.42. The molecular formula is C45H75NO3. The molecule has 0 saturated heterocycles. The summed E-state index contributed by atoms with van der Waals surface area (Å²) in [5.74, 6) is 0.0268. The zero-order chi connectivity index (χ0) is 35.5. The Hall–Kier alpha value is -2.49. The monoisotopic (exact) mass is 678 g/mol. The van der Waals surface area contributed by atoms with E-state index in [1.165, 1.54) is 158 Å². The van der Waals surface area contributed by atoms with Crippen molar-refractivity contribution in [1.82, 2.24) is 4.90 Å². The molecule has 4 heteroatoms. The van der Waals surface area contributed by atoms with E-state index < -0.39 is 0 Å². The van der Waals surface area contributed by atoms with Gasteiger partial charge in [0, 0.05) is 31.5 Å². The fourth-order valence-electron chi connectivity index (χ4n) is 6.50. The molecule has 1 aliphatic heterocycles. The Morgan fingerprint density at radius 1 is 0.531 bits per heavy atom. The van der Waals surface area contributed by atoms with E-state index in [0.29, 0.717) is 12.3 Å². The highest BCUT2D eigenvalue weighted by atomic mass is 16.2. The van der Waals surface area contributed by atoms with Crippen molar-refractivity contribution < 1.29 is 14.4 Å². The maximum absolute atomic E-state index is 12.9. The predicted octanol–water partition coefficient (Wildman–Crippen LogP) is 13.3. The van der Waals surface area contributed by atoms with Crippen molar-refractivity contribution in [2.24, 2.45) is 5.92 Å². The van der Waals surface area contributed by atoms with E-state index >= 15 is 0 Å². The van der Waals surface area contributed by atoms with Gasteiger partial charge in [0.1, 0.15) is 5.78 Å². The van der Waals surface area contributed by atoms with Crippen LogP contribution in [-0.4, -0.2) is 29.0 Å². The summed E-state index contributed by atoms with van der Waals surface area (Å²) in [7, 11) is 0. The van der Waals surface area contributed by atoms with E-state index in [4.69, 9.17) is 0 Å². The maximum atomic E-state index is 12.9. The fraction of sp³-hybridized carbons (Fsp3) is 0.711. The number of ketones is 1. The summed E-state index contributed by atoms with van der Waals surface area (Å²) in [5, 5.41) is 0. The van der Waals surface area contributed by atoms with Crippen LogP contribution in [0.1, 0.15) is 194 Å². The molecule has 1 heterocycles. The van der Waals surface area contributed by atoms with Crippen molar-refractivity contribution in [3.05, 3.63) is 60.8 Å². The number of unbranched alkanes of at least 4 members (excludes halogenated alkanes) is 18. The standard InChI is InChI=1S/C45H75NO3/c1-3-5-7-9-11-13-15-17-19-21-23-25-27-29-31-33-35-42(41-43(47)39-40-46-44(48)37-38-45(46)49)36-34-32-30-28-26-24-22-20-18-16-14-12-10-8-6-4-2/h11-14,17-20,37-38,42H,3-10,15-16,21-36,39-41H2,1-2H3/b13-11-,14-12-,19-17-,20-18-. The second kappa shape index (κ2) is 34.0. The highest BCUT2D eigenvalue weighted by Crippen LogP contribution is 2.23. The normalized spacial score (nSPS) is 13.7. The molecule has 0 aromatic heterocycles. The van der Waals surface area contributed by atoms with Gasteiger partial charge in [-0.1, -0.05) is 165 Å². The SMILES string of the molecule is CCCCC/C=C\C/C=C\CCCCCCCCC(CCCCCCCC/C=C\C/C=C\CCCCC)CC(=O)CCN1C(=O)C=CC1=O. The summed E-state index contributed by atoms with van der Waals surface area (Å²) in [6.45, 7) is 4.72. The van der Waals surface area contributed by atoms with Crippen LogP contribution in [0.25, 0.3) is 0 Å². The van der Waals surface area contributed by atoms with Gasteiger partial charge in [-0.15, -0.1) is 0 Å². The topological polar surface area (TPSA) is 54.5 Å². The number of carbonyl (C=O) groups excluding carboxylic acids is 3. The molecule has 0 bridgehead atoms. The molecule has 0 N–H and O–H groups in total. The van der Waals surface area contributed by atoms with Gasteiger partial charge in [-0.25, -0.2) is 0 Å². The minimum Gasteiger partial charge on any atom is -0.300 e. The van der Waals surface area contributed by atoms with Gasteiger partial charge in [-0.05, 0) is 70.1 Å². The number of nitrogens with zero attached hydrogens (tertiary/aromatic N) is 1. The number of Topliss-reactive ketones (excluding diaryl/α,β-unsaturated/α-hetero) is 1. The second-order valence-electron chi connectivity index (χ2n) is 14.3. The first-order valence-electron chi connectivity index (χ1n) is 20.7. The summed E-state index contributed by atoms with van der Waals surface area (Å²) in [6, 6.07) is 0. The van der Waals surface area contributed by atoms with Gasteiger partial charge in [0.2, 0.25) is 0 Å². The Labute approximate surface area is 303 Å². The van der Waals surface area contributed by atoms with Crippen LogP contribution in [0.2, 0.25) is 0 Å². The van der Waals surface area contributed by atoms with E-state index in [1.807, 2.05) is 0 Å². The van der Waals surface area contributed by atoms with Crippen molar-refractivity contribution in [3.63, 3.8) is 0 Å². The molecule has 0 spiro atoms. The van der Waals surface area contributed by atoms with Gasteiger partial charge in [-0.2, -0.15) is 0 Å². The summed E-state index contributed by atoms with van der Waals surface area (Å²) in [6.07, 6.45) is 54.3. The van der Waals surface area contributed by atoms with Crippen LogP contribution in [0.3, 0.4) is 0 Å². The largest absolute Gasteiger partial charge is 0.300 e. The predicted molar refractivity (Wildman–Crippen MR) is 212 cm³/mol. The van der Waals surface area contributed by atoms with E-state index in [2.05, 4.69) is 62.5 Å². The second-order valence-corrected chi connectivity index (χ2v) is 14.3. The fourth-order valence-corrected chi connectivity index (χ4v) is 6.50. The molecule has 0 atom stereocenters. The van der Waals surface area contributed by atoms with Gasteiger partial charge in [-0.3, -0.25) is 19.3 Å². The molecule has 4 nitrogen and oxygen atoms in total. The number of hydrogen-bond acceptors (Lipinski definition) is 3. The average molecular weight is 678 g/mol. The summed E-state index contributed by atoms with van der Waals surface area (Å²) < 4.78 is 0. The van der Waals surface area contributed by atoms with Crippen molar-refractivity contribution >= 4 is 17.6 Å².